The number of imide groups is 2. The predicted octanol–water partition coefficient (Wildman–Crippen LogP) is 7.29. The fourth-order valence-electron chi connectivity index (χ4n) is 9.13. The third kappa shape index (κ3) is 5.61. The first-order valence-electron chi connectivity index (χ1n) is 17.5. The van der Waals surface area contributed by atoms with E-state index < -0.39 is 46.8 Å². The summed E-state index contributed by atoms with van der Waals surface area (Å²) in [7, 11) is 1.53. The van der Waals surface area contributed by atoms with Gasteiger partial charge in [-0.15, -0.1) is 0 Å². The number of halogens is 3. The Hall–Kier alpha value is -5.03. The molecule has 2 heterocycles. The number of fused-ring (bicyclic) bond motifs is 4. The van der Waals surface area contributed by atoms with Crippen molar-refractivity contribution in [3.63, 3.8) is 0 Å². The number of carbonyl (C=O) groups is 4. The van der Waals surface area contributed by atoms with Crippen LogP contribution >= 0.6 is 34.8 Å². The molecule has 8 rings (SSSR count). The molecule has 54 heavy (non-hydrogen) atoms. The van der Waals surface area contributed by atoms with Crippen molar-refractivity contribution >= 4 is 64.1 Å². The number of amides is 4. The van der Waals surface area contributed by atoms with E-state index in [0.29, 0.717) is 28.3 Å². The maximum atomic E-state index is 15.4. The van der Waals surface area contributed by atoms with Crippen LogP contribution in [0.2, 0.25) is 15.1 Å². The summed E-state index contributed by atoms with van der Waals surface area (Å²) in [6.45, 7) is 0.154. The first-order chi connectivity index (χ1) is 25.9. The van der Waals surface area contributed by atoms with E-state index in [0.717, 1.165) is 16.1 Å². The normalized spacial score (nSPS) is 26.0. The van der Waals surface area contributed by atoms with Gasteiger partial charge >= 0.3 is 0 Å². The van der Waals surface area contributed by atoms with E-state index in [4.69, 9.17) is 39.5 Å². The van der Waals surface area contributed by atoms with Crippen molar-refractivity contribution in [2.24, 2.45) is 23.7 Å². The number of hydrazine groups is 1. The number of methoxy groups -OCH3 is 1. The van der Waals surface area contributed by atoms with Crippen LogP contribution in [-0.4, -0.2) is 57.4 Å². The van der Waals surface area contributed by atoms with Gasteiger partial charge in [-0.2, -0.15) is 5.01 Å². The molecule has 4 aliphatic rings. The highest BCUT2D eigenvalue weighted by molar-refractivity contribution is 6.36. The molecule has 13 heteroatoms. The van der Waals surface area contributed by atoms with E-state index in [9.17, 15) is 24.6 Å². The van der Waals surface area contributed by atoms with Crippen LogP contribution in [0.1, 0.15) is 35.4 Å². The van der Waals surface area contributed by atoms with Crippen LogP contribution in [0.4, 0.5) is 5.69 Å². The maximum Gasteiger partial charge on any atom is 0.260 e. The fourth-order valence-corrected chi connectivity index (χ4v) is 9.86. The van der Waals surface area contributed by atoms with Crippen LogP contribution in [-0.2, 0) is 31.0 Å². The number of ether oxygens (including phenoxy) is 1. The van der Waals surface area contributed by atoms with Crippen molar-refractivity contribution < 1.29 is 34.1 Å². The monoisotopic (exact) mass is 785 g/mol. The number of hydrogen-bond donors (Lipinski definition) is 3. The second-order valence-corrected chi connectivity index (χ2v) is 15.4. The minimum Gasteiger partial charge on any atom is -0.508 e. The molecule has 10 nitrogen and oxygen atoms in total. The number of phenolic OH excluding ortho intramolecular Hbond substituents is 2. The third-order valence-electron chi connectivity index (χ3n) is 11.5. The Morgan fingerprint density at radius 2 is 1.54 bits per heavy atom. The molecular formula is C41H34Cl3N3O7. The van der Waals surface area contributed by atoms with E-state index in [2.05, 4.69) is 5.43 Å². The van der Waals surface area contributed by atoms with E-state index >= 15 is 4.79 Å². The third-order valence-corrected chi connectivity index (χ3v) is 12.4. The number of carbonyl (C=O) groups excluding carboxylic acids is 4. The molecule has 0 spiro atoms. The number of anilines is 1. The lowest BCUT2D eigenvalue weighted by Gasteiger charge is -2.50. The molecule has 4 aromatic rings. The van der Waals surface area contributed by atoms with E-state index in [-0.39, 0.29) is 58.4 Å². The molecule has 3 fully saturated rings. The first-order valence-corrected chi connectivity index (χ1v) is 18.6. The van der Waals surface area contributed by atoms with Gasteiger partial charge in [-0.3, -0.25) is 29.5 Å². The van der Waals surface area contributed by atoms with Crippen LogP contribution in [0.3, 0.4) is 0 Å². The molecule has 4 aromatic carbocycles. The average molecular weight is 787 g/mol. The Morgan fingerprint density at radius 3 is 2.22 bits per heavy atom. The molecule has 2 aliphatic heterocycles. The summed E-state index contributed by atoms with van der Waals surface area (Å²) >= 11 is 19.6. The first kappa shape index (κ1) is 36.0. The van der Waals surface area contributed by atoms with Crippen LogP contribution in [0.25, 0.3) is 0 Å². The molecule has 0 aromatic heterocycles. The summed E-state index contributed by atoms with van der Waals surface area (Å²) in [5.74, 6) is -5.06. The van der Waals surface area contributed by atoms with Crippen molar-refractivity contribution in [3.8, 4) is 17.2 Å². The molecule has 1 saturated carbocycles. The van der Waals surface area contributed by atoms with Gasteiger partial charge in [0.2, 0.25) is 11.8 Å². The summed E-state index contributed by atoms with van der Waals surface area (Å²) in [4.78, 5) is 59.9. The summed E-state index contributed by atoms with van der Waals surface area (Å²) in [6, 6.07) is 22.8. The molecule has 2 aliphatic carbocycles. The van der Waals surface area contributed by atoms with Gasteiger partial charge in [-0.25, -0.2) is 0 Å². The SMILES string of the molecule is COc1ccc([C@@]23C(=O)N(Nc4ccc(Cl)cc4Cl)C(=O)[C@@H]2C[C@@H]2C(=CC[C@@H]4C(=O)N(CCc5ccc(O)cc5)C(=O)[C@@H]42)[C@@H]3c2ccc(O)cc2Cl)cc1. The van der Waals surface area contributed by atoms with E-state index in [1.165, 1.54) is 30.2 Å². The number of nitrogens with zero attached hydrogens (tertiary/aromatic N) is 2. The highest BCUT2D eigenvalue weighted by Crippen LogP contribution is 2.65. The average Bonchev–Trinajstić information content (AvgIpc) is 3.53. The lowest BCUT2D eigenvalue weighted by Crippen LogP contribution is -2.53. The number of phenols is 2. The molecular weight excluding hydrogens is 753 g/mol. The zero-order valence-electron chi connectivity index (χ0n) is 28.8. The maximum absolute atomic E-state index is 15.4. The highest BCUT2D eigenvalue weighted by atomic mass is 35.5. The molecule has 6 atom stereocenters. The molecule has 3 N–H and O–H groups in total. The highest BCUT2D eigenvalue weighted by Gasteiger charge is 2.70. The number of aromatic hydroxyl groups is 2. The van der Waals surface area contributed by atoms with Gasteiger partial charge in [0.05, 0.1) is 41.0 Å². The standard InChI is InChI=1S/C41H34Cl3N3O7/c1-54-26-10-4-22(5-11-26)41-31(38(51)47(40(41)53)45-34-15-6-23(42)18-33(34)44)20-30-27(36(41)28-12-9-25(49)19-32(28)43)13-14-29-35(30)39(52)46(37(29)50)17-16-21-2-7-24(48)8-3-21/h2-13,15,18-19,29-31,35-36,45,48-49H,14,16-17,20H2,1H3/t29-,30+,31-,35-,36+,41+/m0/s1. The lowest BCUT2D eigenvalue weighted by molar-refractivity contribution is -0.141. The molecule has 4 amide bonds. The van der Waals surface area contributed by atoms with Gasteiger partial charge < -0.3 is 14.9 Å². The number of nitrogens with one attached hydrogen (secondary N) is 1. The number of hydrogen-bond acceptors (Lipinski definition) is 8. The molecule has 0 unspecified atom stereocenters. The van der Waals surface area contributed by atoms with E-state index in [1.54, 1.807) is 66.7 Å². The molecule has 0 bridgehead atoms. The molecule has 0 radical (unpaired) electrons. The largest absolute Gasteiger partial charge is 0.508 e. The Kier molecular flexibility index (Phi) is 9.11. The van der Waals surface area contributed by atoms with Crippen LogP contribution in [0.5, 0.6) is 17.2 Å². The zero-order chi connectivity index (χ0) is 38.1. The number of allylic oxidation sites excluding steroid dienone is 2. The summed E-state index contributed by atoms with van der Waals surface area (Å²) in [6.07, 6.45) is 2.68. The van der Waals surface area contributed by atoms with Crippen molar-refractivity contribution in [2.45, 2.75) is 30.6 Å². The zero-order valence-corrected chi connectivity index (χ0v) is 31.1. The smallest absolute Gasteiger partial charge is 0.260 e. The molecule has 276 valence electrons. The number of likely N-dealkylation sites (tertiary alicyclic amines) is 1. The van der Waals surface area contributed by atoms with Gasteiger partial charge in [-0.1, -0.05) is 76.8 Å². The summed E-state index contributed by atoms with van der Waals surface area (Å²) in [5.41, 5.74) is 4.26. The quantitative estimate of drug-likeness (QED) is 0.125. The van der Waals surface area contributed by atoms with Gasteiger partial charge in [0.15, 0.2) is 0 Å². The second kappa shape index (κ2) is 13.7. The minimum atomic E-state index is -1.59. The van der Waals surface area contributed by atoms with Crippen LogP contribution in [0.15, 0.2) is 96.6 Å². The summed E-state index contributed by atoms with van der Waals surface area (Å²) in [5, 5.41) is 21.9. The fraction of sp³-hybridized carbons (Fsp3) is 0.268. The number of benzene rings is 4. The Morgan fingerprint density at radius 1 is 0.815 bits per heavy atom. The van der Waals surface area contributed by atoms with Gasteiger partial charge in [0, 0.05) is 22.5 Å². The van der Waals surface area contributed by atoms with Crippen molar-refractivity contribution in [2.75, 3.05) is 19.1 Å². The van der Waals surface area contributed by atoms with Crippen LogP contribution < -0.4 is 10.2 Å². The minimum absolute atomic E-state index is 0.0841. The lowest BCUT2D eigenvalue weighted by atomic mass is 9.49. The van der Waals surface area contributed by atoms with E-state index in [1.807, 2.05) is 6.08 Å². The summed E-state index contributed by atoms with van der Waals surface area (Å²) < 4.78 is 5.45. The second-order valence-electron chi connectivity index (χ2n) is 14.2. The van der Waals surface area contributed by atoms with Gasteiger partial charge in [0.25, 0.3) is 11.8 Å². The van der Waals surface area contributed by atoms with Crippen LogP contribution in [0, 0.1) is 23.7 Å². The van der Waals surface area contributed by atoms with Gasteiger partial charge in [-0.05, 0) is 96.5 Å². The van der Waals surface area contributed by atoms with Crippen molar-refractivity contribution in [1.82, 2.24) is 9.91 Å². The van der Waals surface area contributed by atoms with Crippen molar-refractivity contribution in [3.05, 3.63) is 128 Å². The number of rotatable bonds is 8. The molecule has 2 saturated heterocycles. The predicted molar refractivity (Wildman–Crippen MR) is 202 cm³/mol. The topological polar surface area (TPSA) is 136 Å². The Labute approximate surface area is 325 Å². The van der Waals surface area contributed by atoms with Gasteiger partial charge in [0.1, 0.15) is 17.2 Å². The Bertz CT molecular complexity index is 2250. The van der Waals surface area contributed by atoms with Crippen molar-refractivity contribution in [1.29, 1.82) is 0 Å². The Balaban J connectivity index is 1.27.